The topological polar surface area (TPSA) is 82.0 Å². The third-order valence-electron chi connectivity index (χ3n) is 2.57. The second kappa shape index (κ2) is 2.78. The van der Waals surface area contributed by atoms with E-state index in [1.165, 1.54) is 0 Å². The number of hydrogen-bond donors (Lipinski definition) is 3. The molecule has 5 nitrogen and oxygen atoms in total. The molecule has 1 saturated carbocycles. The van der Waals surface area contributed by atoms with Gasteiger partial charge in [0.15, 0.2) is 11.4 Å². The summed E-state index contributed by atoms with van der Waals surface area (Å²) in [7, 11) is 0. The number of aliphatic hydroxyl groups excluding tert-OH is 1. The average Bonchev–Trinajstić information content (AvgIpc) is 2.62. The van der Waals surface area contributed by atoms with Gasteiger partial charge in [0.05, 0.1) is 6.10 Å². The van der Waals surface area contributed by atoms with Crippen molar-refractivity contribution in [3.05, 3.63) is 11.6 Å². The van der Waals surface area contributed by atoms with Crippen LogP contribution in [0.15, 0.2) is 0 Å². The maximum atomic E-state index is 10.0. The lowest BCUT2D eigenvalue weighted by Crippen LogP contribution is -2.35. The molecule has 1 aliphatic carbocycles. The maximum absolute atomic E-state index is 10.0. The Balaban J connectivity index is 2.33. The van der Waals surface area contributed by atoms with E-state index in [1.54, 1.807) is 6.92 Å². The van der Waals surface area contributed by atoms with Crippen molar-refractivity contribution in [1.82, 2.24) is 15.2 Å². The molecule has 72 valence electrons. The number of H-pyrrole nitrogens is 1. The normalized spacial score (nSPS) is 33.9. The molecule has 0 aliphatic heterocycles. The van der Waals surface area contributed by atoms with E-state index in [-0.39, 0.29) is 0 Å². The fraction of sp³-hybridized carbons (Fsp3) is 0.750. The first-order chi connectivity index (χ1) is 6.13. The van der Waals surface area contributed by atoms with Crippen LogP contribution in [-0.2, 0) is 5.60 Å². The van der Waals surface area contributed by atoms with Crippen LogP contribution in [-0.4, -0.2) is 31.5 Å². The van der Waals surface area contributed by atoms with Crippen molar-refractivity contribution >= 4 is 0 Å². The molecule has 13 heavy (non-hydrogen) atoms. The predicted octanol–water partition coefficient (Wildman–Crippen LogP) is -0.154. The summed E-state index contributed by atoms with van der Waals surface area (Å²) in [5, 5.41) is 26.1. The number of rotatable bonds is 1. The molecule has 1 aromatic rings. The Hall–Kier alpha value is -0.940. The molecule has 2 atom stereocenters. The lowest BCUT2D eigenvalue weighted by Gasteiger charge is -2.22. The average molecular weight is 183 g/mol. The molecule has 0 bridgehead atoms. The molecule has 3 N–H and O–H groups in total. The Morgan fingerprint density at radius 2 is 2.38 bits per heavy atom. The van der Waals surface area contributed by atoms with Crippen LogP contribution < -0.4 is 0 Å². The minimum absolute atomic E-state index is 0.315. The van der Waals surface area contributed by atoms with Gasteiger partial charge < -0.3 is 10.2 Å². The zero-order valence-electron chi connectivity index (χ0n) is 7.49. The summed E-state index contributed by atoms with van der Waals surface area (Å²) >= 11 is 0. The van der Waals surface area contributed by atoms with Gasteiger partial charge in [-0.2, -0.15) is 5.10 Å². The number of aromatic nitrogens is 3. The van der Waals surface area contributed by atoms with Crippen molar-refractivity contribution in [1.29, 1.82) is 0 Å². The van der Waals surface area contributed by atoms with E-state index in [4.69, 9.17) is 0 Å². The number of aromatic amines is 1. The highest BCUT2D eigenvalue weighted by Gasteiger charge is 2.44. The van der Waals surface area contributed by atoms with E-state index in [1.807, 2.05) is 0 Å². The van der Waals surface area contributed by atoms with Gasteiger partial charge in [-0.3, -0.25) is 5.10 Å². The molecule has 5 heteroatoms. The van der Waals surface area contributed by atoms with Gasteiger partial charge in [-0.1, -0.05) is 0 Å². The third-order valence-corrected chi connectivity index (χ3v) is 2.57. The van der Waals surface area contributed by atoms with Crippen molar-refractivity contribution in [2.24, 2.45) is 0 Å². The van der Waals surface area contributed by atoms with Crippen LogP contribution in [0, 0.1) is 6.92 Å². The van der Waals surface area contributed by atoms with Gasteiger partial charge in [-0.25, -0.2) is 4.98 Å². The number of nitrogens with zero attached hydrogens (tertiary/aromatic N) is 2. The number of hydrogen-bond acceptors (Lipinski definition) is 4. The van der Waals surface area contributed by atoms with Crippen molar-refractivity contribution < 1.29 is 10.2 Å². The second-order valence-corrected chi connectivity index (χ2v) is 3.58. The fourth-order valence-corrected chi connectivity index (χ4v) is 1.77. The molecular weight excluding hydrogens is 170 g/mol. The van der Waals surface area contributed by atoms with Crippen molar-refractivity contribution in [2.75, 3.05) is 0 Å². The molecule has 1 aromatic heterocycles. The van der Waals surface area contributed by atoms with Crippen LogP contribution in [0.3, 0.4) is 0 Å². The summed E-state index contributed by atoms with van der Waals surface area (Å²) in [4.78, 5) is 4.04. The van der Waals surface area contributed by atoms with Crippen molar-refractivity contribution in [3.63, 3.8) is 0 Å². The van der Waals surface area contributed by atoms with Gasteiger partial charge in [0, 0.05) is 0 Å². The van der Waals surface area contributed by atoms with Gasteiger partial charge in [0.25, 0.3) is 0 Å². The van der Waals surface area contributed by atoms with Crippen LogP contribution in [0.4, 0.5) is 0 Å². The molecule has 1 heterocycles. The van der Waals surface area contributed by atoms with Crippen LogP contribution in [0.5, 0.6) is 0 Å². The Morgan fingerprint density at radius 1 is 1.62 bits per heavy atom. The molecular formula is C8H13N3O2. The number of nitrogens with one attached hydrogen (secondary N) is 1. The van der Waals surface area contributed by atoms with E-state index in [2.05, 4.69) is 15.2 Å². The lowest BCUT2D eigenvalue weighted by atomic mass is 9.99. The second-order valence-electron chi connectivity index (χ2n) is 3.58. The third kappa shape index (κ3) is 1.24. The highest BCUT2D eigenvalue weighted by molar-refractivity contribution is 5.08. The monoisotopic (exact) mass is 183 g/mol. The van der Waals surface area contributed by atoms with Crippen LogP contribution in [0.2, 0.25) is 0 Å². The first-order valence-electron chi connectivity index (χ1n) is 4.43. The molecule has 0 radical (unpaired) electrons. The fourth-order valence-electron chi connectivity index (χ4n) is 1.77. The molecule has 0 spiro atoms. The molecule has 1 aliphatic rings. The number of aliphatic hydroxyl groups is 2. The molecule has 2 unspecified atom stereocenters. The molecule has 0 aromatic carbocycles. The molecule has 2 rings (SSSR count). The molecule has 0 amide bonds. The largest absolute Gasteiger partial charge is 0.390 e. The molecule has 1 fully saturated rings. The van der Waals surface area contributed by atoms with Gasteiger partial charge in [-0.15, -0.1) is 0 Å². The van der Waals surface area contributed by atoms with E-state index in [0.717, 1.165) is 6.42 Å². The summed E-state index contributed by atoms with van der Waals surface area (Å²) in [5.74, 6) is 0.970. The number of aryl methyl sites for hydroxylation is 1. The van der Waals surface area contributed by atoms with Crippen LogP contribution in [0.1, 0.15) is 30.9 Å². The van der Waals surface area contributed by atoms with Gasteiger partial charge in [0.1, 0.15) is 5.82 Å². The van der Waals surface area contributed by atoms with Gasteiger partial charge in [0.2, 0.25) is 0 Å². The minimum atomic E-state index is -1.23. The summed E-state index contributed by atoms with van der Waals surface area (Å²) < 4.78 is 0. The van der Waals surface area contributed by atoms with Gasteiger partial charge in [-0.05, 0) is 26.2 Å². The Morgan fingerprint density at radius 3 is 2.85 bits per heavy atom. The Kier molecular flexibility index (Phi) is 1.85. The summed E-state index contributed by atoms with van der Waals surface area (Å²) in [6.07, 6.45) is 1.23. The summed E-state index contributed by atoms with van der Waals surface area (Å²) in [6.45, 7) is 1.77. The zero-order chi connectivity index (χ0) is 9.47. The van der Waals surface area contributed by atoms with E-state index in [0.29, 0.717) is 24.5 Å². The first kappa shape index (κ1) is 8.65. The highest BCUT2D eigenvalue weighted by Crippen LogP contribution is 2.36. The highest BCUT2D eigenvalue weighted by atomic mass is 16.3. The van der Waals surface area contributed by atoms with Crippen LogP contribution >= 0.6 is 0 Å². The van der Waals surface area contributed by atoms with E-state index >= 15 is 0 Å². The van der Waals surface area contributed by atoms with E-state index in [9.17, 15) is 10.2 Å². The predicted molar refractivity (Wildman–Crippen MR) is 44.9 cm³/mol. The zero-order valence-corrected chi connectivity index (χ0v) is 7.49. The van der Waals surface area contributed by atoms with Crippen molar-refractivity contribution in [2.45, 2.75) is 37.9 Å². The first-order valence-corrected chi connectivity index (χ1v) is 4.43. The van der Waals surface area contributed by atoms with Crippen LogP contribution in [0.25, 0.3) is 0 Å². The SMILES string of the molecule is Cc1nc(C2(O)CCCC2O)n[nH]1. The van der Waals surface area contributed by atoms with E-state index < -0.39 is 11.7 Å². The van der Waals surface area contributed by atoms with Crippen molar-refractivity contribution in [3.8, 4) is 0 Å². The molecule has 0 saturated heterocycles. The minimum Gasteiger partial charge on any atom is -0.390 e. The quantitative estimate of drug-likeness (QED) is 0.565. The lowest BCUT2D eigenvalue weighted by molar-refractivity contribution is -0.0641. The van der Waals surface area contributed by atoms with Gasteiger partial charge >= 0.3 is 0 Å². The smallest absolute Gasteiger partial charge is 0.184 e. The summed E-state index contributed by atoms with van der Waals surface area (Å²) in [6, 6.07) is 0. The summed E-state index contributed by atoms with van der Waals surface area (Å²) in [5.41, 5.74) is -1.23. The Bertz CT molecular complexity index is 312. The Labute approximate surface area is 75.8 Å². The standard InChI is InChI=1S/C8H13N3O2/c1-5-9-7(11-10-5)8(13)4-2-3-6(8)12/h6,12-13H,2-4H2,1H3,(H,9,10,11). The maximum Gasteiger partial charge on any atom is 0.184 e.